The van der Waals surface area contributed by atoms with Gasteiger partial charge < -0.3 is 15.0 Å². The summed E-state index contributed by atoms with van der Waals surface area (Å²) in [5.41, 5.74) is 0.00968. The molecule has 1 heterocycles. The molecule has 17 heavy (non-hydrogen) atoms. The van der Waals surface area contributed by atoms with Gasteiger partial charge in [-0.3, -0.25) is 0 Å². The van der Waals surface area contributed by atoms with Crippen molar-refractivity contribution in [2.24, 2.45) is 0 Å². The Hall–Kier alpha value is -0.120. The lowest BCUT2D eigenvalue weighted by molar-refractivity contribution is -0.00376. The van der Waals surface area contributed by atoms with E-state index >= 15 is 0 Å². The molecule has 0 saturated carbocycles. The van der Waals surface area contributed by atoms with Crippen molar-refractivity contribution < 1.29 is 4.74 Å². The van der Waals surface area contributed by atoms with Gasteiger partial charge in [-0.2, -0.15) is 0 Å². The molecule has 0 unspecified atom stereocenters. The average Bonchev–Trinajstić information content (AvgIpc) is 2.73. The van der Waals surface area contributed by atoms with Crippen LogP contribution in [0.5, 0.6) is 0 Å². The smallest absolute Gasteiger partial charge is 0.0598 e. The third-order valence-corrected chi connectivity index (χ3v) is 3.06. The van der Waals surface area contributed by atoms with Crippen LogP contribution < -0.4 is 5.32 Å². The van der Waals surface area contributed by atoms with Crippen molar-refractivity contribution in [2.45, 2.75) is 52.1 Å². The molecule has 0 atom stereocenters. The summed E-state index contributed by atoms with van der Waals surface area (Å²) in [5, 5.41) is 3.49. The molecular weight excluding hydrogens is 212 g/mol. The molecule has 3 nitrogen and oxygen atoms in total. The van der Waals surface area contributed by atoms with Gasteiger partial charge in [0.1, 0.15) is 0 Å². The van der Waals surface area contributed by atoms with E-state index in [9.17, 15) is 0 Å². The lowest BCUT2D eigenvalue weighted by atomic mass is 10.2. The highest BCUT2D eigenvalue weighted by Crippen LogP contribution is 2.07. The van der Waals surface area contributed by atoms with Crippen molar-refractivity contribution in [1.82, 2.24) is 10.2 Å². The fraction of sp³-hybridized carbons (Fsp3) is 1.00. The van der Waals surface area contributed by atoms with Crippen LogP contribution in [-0.4, -0.2) is 49.8 Å². The van der Waals surface area contributed by atoms with E-state index in [4.69, 9.17) is 4.74 Å². The third-order valence-electron chi connectivity index (χ3n) is 3.06. The second-order valence-electron chi connectivity index (χ2n) is 5.97. The van der Waals surface area contributed by atoms with Crippen LogP contribution in [0.2, 0.25) is 0 Å². The molecular formula is C14H30N2O. The molecule has 1 aliphatic rings. The van der Waals surface area contributed by atoms with E-state index < -0.39 is 0 Å². The maximum Gasteiger partial charge on any atom is 0.0598 e. The van der Waals surface area contributed by atoms with E-state index in [2.05, 4.69) is 31.0 Å². The summed E-state index contributed by atoms with van der Waals surface area (Å²) >= 11 is 0. The zero-order chi connectivity index (χ0) is 12.6. The number of hydrogen-bond donors (Lipinski definition) is 1. The van der Waals surface area contributed by atoms with Gasteiger partial charge in [0.25, 0.3) is 0 Å². The zero-order valence-electron chi connectivity index (χ0n) is 11.9. The second-order valence-corrected chi connectivity index (χ2v) is 5.97. The summed E-state index contributed by atoms with van der Waals surface area (Å²) in [4.78, 5) is 2.57. The largest absolute Gasteiger partial charge is 0.376 e. The Morgan fingerprint density at radius 3 is 2.35 bits per heavy atom. The molecule has 1 fully saturated rings. The SMILES string of the molecule is CC(C)(C)OCCCNCCCN1CCCC1. The lowest BCUT2D eigenvalue weighted by Gasteiger charge is -2.19. The third kappa shape index (κ3) is 8.58. The quantitative estimate of drug-likeness (QED) is 0.661. The Labute approximate surface area is 107 Å². The minimum Gasteiger partial charge on any atom is -0.376 e. The maximum atomic E-state index is 5.67. The van der Waals surface area contributed by atoms with E-state index in [1.54, 1.807) is 0 Å². The average molecular weight is 242 g/mol. The summed E-state index contributed by atoms with van der Waals surface area (Å²) in [5.74, 6) is 0. The molecule has 0 radical (unpaired) electrons. The maximum absolute atomic E-state index is 5.67. The summed E-state index contributed by atoms with van der Waals surface area (Å²) in [6.07, 6.45) is 5.19. The molecule has 0 amide bonds. The van der Waals surface area contributed by atoms with Crippen molar-refractivity contribution in [3.63, 3.8) is 0 Å². The van der Waals surface area contributed by atoms with Crippen molar-refractivity contribution in [3.8, 4) is 0 Å². The molecule has 1 aliphatic heterocycles. The Morgan fingerprint density at radius 2 is 1.71 bits per heavy atom. The number of nitrogens with one attached hydrogen (secondary N) is 1. The van der Waals surface area contributed by atoms with Crippen LogP contribution in [0.4, 0.5) is 0 Å². The number of likely N-dealkylation sites (tertiary alicyclic amines) is 1. The van der Waals surface area contributed by atoms with Gasteiger partial charge in [-0.25, -0.2) is 0 Å². The fourth-order valence-corrected chi connectivity index (χ4v) is 2.13. The van der Waals surface area contributed by atoms with Crippen LogP contribution in [-0.2, 0) is 4.74 Å². The predicted octanol–water partition coefficient (Wildman–Crippen LogP) is 2.27. The number of hydrogen-bond acceptors (Lipinski definition) is 3. The first-order valence-electron chi connectivity index (χ1n) is 7.15. The van der Waals surface area contributed by atoms with Crippen molar-refractivity contribution in [3.05, 3.63) is 0 Å². The fourth-order valence-electron chi connectivity index (χ4n) is 2.13. The molecule has 0 aromatic heterocycles. The van der Waals surface area contributed by atoms with E-state index in [0.717, 1.165) is 26.1 Å². The molecule has 1 N–H and O–H groups in total. The van der Waals surface area contributed by atoms with Crippen LogP contribution in [0.3, 0.4) is 0 Å². The van der Waals surface area contributed by atoms with Crippen molar-refractivity contribution in [1.29, 1.82) is 0 Å². The number of nitrogens with zero attached hydrogens (tertiary/aromatic N) is 1. The van der Waals surface area contributed by atoms with Gasteiger partial charge in [0.05, 0.1) is 5.60 Å². The first-order valence-corrected chi connectivity index (χ1v) is 7.15. The predicted molar refractivity (Wildman–Crippen MR) is 73.5 cm³/mol. The van der Waals surface area contributed by atoms with Gasteiger partial charge in [-0.15, -0.1) is 0 Å². The van der Waals surface area contributed by atoms with E-state index in [0.29, 0.717) is 0 Å². The summed E-state index contributed by atoms with van der Waals surface area (Å²) < 4.78 is 5.67. The highest BCUT2D eigenvalue weighted by atomic mass is 16.5. The van der Waals surface area contributed by atoms with Gasteiger partial charge in [-0.05, 0) is 79.2 Å². The highest BCUT2D eigenvalue weighted by molar-refractivity contribution is 4.66. The standard InChI is InChI=1S/C14H30N2O/c1-14(2,3)17-13-7-9-15-8-6-12-16-10-4-5-11-16/h15H,4-13H2,1-3H3. The Morgan fingerprint density at radius 1 is 1.06 bits per heavy atom. The molecule has 0 aliphatic carbocycles. The number of ether oxygens (including phenoxy) is 1. The Kier molecular flexibility index (Phi) is 7.09. The first-order chi connectivity index (χ1) is 8.08. The normalized spacial score (nSPS) is 17.8. The van der Waals surface area contributed by atoms with Gasteiger partial charge in [0.15, 0.2) is 0 Å². The topological polar surface area (TPSA) is 24.5 Å². The molecule has 0 aromatic rings. The molecule has 1 rings (SSSR count). The molecule has 0 bridgehead atoms. The lowest BCUT2D eigenvalue weighted by Crippen LogP contribution is -2.26. The molecule has 0 spiro atoms. The molecule has 0 aromatic carbocycles. The summed E-state index contributed by atoms with van der Waals surface area (Å²) in [6.45, 7) is 13.3. The van der Waals surface area contributed by atoms with Crippen LogP contribution in [0.15, 0.2) is 0 Å². The van der Waals surface area contributed by atoms with Crippen LogP contribution >= 0.6 is 0 Å². The molecule has 3 heteroatoms. The van der Waals surface area contributed by atoms with Crippen LogP contribution in [0, 0.1) is 0 Å². The summed E-state index contributed by atoms with van der Waals surface area (Å²) in [6, 6.07) is 0. The minimum absolute atomic E-state index is 0.00968. The van der Waals surface area contributed by atoms with Gasteiger partial charge in [0.2, 0.25) is 0 Å². The van der Waals surface area contributed by atoms with Gasteiger partial charge in [-0.1, -0.05) is 0 Å². The van der Waals surface area contributed by atoms with E-state index in [-0.39, 0.29) is 5.60 Å². The zero-order valence-corrected chi connectivity index (χ0v) is 11.9. The second kappa shape index (κ2) is 8.06. The number of rotatable bonds is 8. The summed E-state index contributed by atoms with van der Waals surface area (Å²) in [7, 11) is 0. The van der Waals surface area contributed by atoms with Crippen LogP contribution in [0.1, 0.15) is 46.5 Å². The first kappa shape index (κ1) is 14.9. The van der Waals surface area contributed by atoms with Gasteiger partial charge in [0, 0.05) is 6.61 Å². The Bertz CT molecular complexity index is 183. The Balaban J connectivity index is 1.78. The van der Waals surface area contributed by atoms with Gasteiger partial charge >= 0.3 is 0 Å². The molecule has 1 saturated heterocycles. The highest BCUT2D eigenvalue weighted by Gasteiger charge is 2.10. The van der Waals surface area contributed by atoms with Crippen molar-refractivity contribution >= 4 is 0 Å². The van der Waals surface area contributed by atoms with Crippen molar-refractivity contribution in [2.75, 3.05) is 39.3 Å². The van der Waals surface area contributed by atoms with E-state index in [1.165, 1.54) is 38.9 Å². The molecule has 102 valence electrons. The van der Waals surface area contributed by atoms with Crippen LogP contribution in [0.25, 0.3) is 0 Å². The monoisotopic (exact) mass is 242 g/mol. The van der Waals surface area contributed by atoms with E-state index in [1.807, 2.05) is 0 Å². The minimum atomic E-state index is 0.00968.